The molecule has 0 amide bonds. The summed E-state index contributed by atoms with van der Waals surface area (Å²) in [5.41, 5.74) is -1.63. The predicted octanol–water partition coefficient (Wildman–Crippen LogP) is 2.77. The Morgan fingerprint density at radius 2 is 1.78 bits per heavy atom. The number of aromatic nitrogens is 1. The molecule has 1 heterocycles. The average Bonchev–Trinajstić information content (AvgIpc) is 2.60. The molecule has 9 heteroatoms. The van der Waals surface area contributed by atoms with Gasteiger partial charge in [-0.05, 0) is 25.5 Å². The molecule has 1 aromatic rings. The van der Waals surface area contributed by atoms with E-state index < -0.39 is 35.1 Å². The van der Waals surface area contributed by atoms with E-state index in [9.17, 15) is 27.6 Å². The van der Waals surface area contributed by atoms with E-state index >= 15 is 0 Å². The van der Waals surface area contributed by atoms with Gasteiger partial charge in [-0.3, -0.25) is 14.4 Å². The van der Waals surface area contributed by atoms with E-state index in [0.717, 1.165) is 6.07 Å². The maximum Gasteiger partial charge on any atom is 0.433 e. The van der Waals surface area contributed by atoms with Crippen molar-refractivity contribution in [1.29, 1.82) is 0 Å². The minimum absolute atomic E-state index is 0.0937. The van der Waals surface area contributed by atoms with E-state index in [1.54, 1.807) is 6.92 Å². The van der Waals surface area contributed by atoms with Crippen molar-refractivity contribution in [2.75, 3.05) is 19.8 Å². The Morgan fingerprint density at radius 1 is 1.15 bits per heavy atom. The van der Waals surface area contributed by atoms with Crippen molar-refractivity contribution >= 4 is 17.3 Å². The molecule has 0 aliphatic heterocycles. The molecule has 0 N–H and O–H groups in total. The zero-order valence-electron chi connectivity index (χ0n) is 14.8. The van der Waals surface area contributed by atoms with Gasteiger partial charge in [0.15, 0.2) is 17.3 Å². The largest absolute Gasteiger partial charge is 0.433 e. The van der Waals surface area contributed by atoms with Crippen molar-refractivity contribution in [2.24, 2.45) is 5.92 Å². The third-order valence-corrected chi connectivity index (χ3v) is 4.10. The van der Waals surface area contributed by atoms with Crippen LogP contribution in [0.4, 0.5) is 13.2 Å². The fourth-order valence-corrected chi connectivity index (χ4v) is 2.78. The number of alkyl halides is 3. The van der Waals surface area contributed by atoms with E-state index in [-0.39, 0.29) is 43.9 Å². The summed E-state index contributed by atoms with van der Waals surface area (Å²) in [5.74, 6) is -3.33. The first-order chi connectivity index (χ1) is 12.8. The molecular formula is C18H20F3NO5. The quantitative estimate of drug-likeness (QED) is 0.388. The smallest absolute Gasteiger partial charge is 0.379 e. The number of Topliss-reactive ketones (excluding diaryl/α,β-unsaturated/α-hetero) is 3. The number of ketones is 3. The Balaban J connectivity index is 2.28. The predicted molar refractivity (Wildman–Crippen MR) is 87.1 cm³/mol. The van der Waals surface area contributed by atoms with Gasteiger partial charge in [0.1, 0.15) is 11.6 Å². The summed E-state index contributed by atoms with van der Waals surface area (Å²) in [6.45, 7) is 2.20. The van der Waals surface area contributed by atoms with Gasteiger partial charge in [-0.25, -0.2) is 4.98 Å². The SMILES string of the molecule is CCOCCOCc1nc(C(F)(F)F)ccc1C(=O)C1C(=O)CCCC1=O. The topological polar surface area (TPSA) is 82.6 Å². The summed E-state index contributed by atoms with van der Waals surface area (Å²) in [6.07, 6.45) is -4.13. The van der Waals surface area contributed by atoms with Crippen LogP contribution < -0.4 is 0 Å². The van der Waals surface area contributed by atoms with Crippen LogP contribution in [0.1, 0.15) is 47.9 Å². The van der Waals surface area contributed by atoms with Crippen molar-refractivity contribution in [1.82, 2.24) is 4.98 Å². The van der Waals surface area contributed by atoms with Gasteiger partial charge in [0, 0.05) is 25.0 Å². The third-order valence-electron chi connectivity index (χ3n) is 4.10. The molecule has 0 unspecified atom stereocenters. The van der Waals surface area contributed by atoms with Crippen LogP contribution >= 0.6 is 0 Å². The second-order valence-electron chi connectivity index (χ2n) is 6.02. The summed E-state index contributed by atoms with van der Waals surface area (Å²) >= 11 is 0. The van der Waals surface area contributed by atoms with Crippen LogP contribution in [0.15, 0.2) is 12.1 Å². The van der Waals surface area contributed by atoms with Gasteiger partial charge in [-0.2, -0.15) is 13.2 Å². The Kier molecular flexibility index (Phi) is 7.20. The van der Waals surface area contributed by atoms with Gasteiger partial charge in [0.25, 0.3) is 0 Å². The maximum atomic E-state index is 13.0. The average molecular weight is 387 g/mol. The van der Waals surface area contributed by atoms with Crippen LogP contribution in [0.25, 0.3) is 0 Å². The Hall–Kier alpha value is -2.13. The number of ether oxygens (including phenoxy) is 2. The number of rotatable bonds is 8. The van der Waals surface area contributed by atoms with Crippen LogP contribution in [0.2, 0.25) is 0 Å². The van der Waals surface area contributed by atoms with E-state index in [1.165, 1.54) is 0 Å². The zero-order chi connectivity index (χ0) is 20.0. The molecule has 0 bridgehead atoms. The number of nitrogens with zero attached hydrogens (tertiary/aromatic N) is 1. The fraction of sp³-hybridized carbons (Fsp3) is 0.556. The molecule has 27 heavy (non-hydrogen) atoms. The molecule has 0 aromatic carbocycles. The number of carbonyl (C=O) groups excluding carboxylic acids is 3. The summed E-state index contributed by atoms with van der Waals surface area (Å²) in [4.78, 5) is 40.2. The van der Waals surface area contributed by atoms with Crippen LogP contribution in [0.3, 0.4) is 0 Å². The van der Waals surface area contributed by atoms with Crippen LogP contribution in [0, 0.1) is 5.92 Å². The number of hydrogen-bond donors (Lipinski definition) is 0. The van der Waals surface area contributed by atoms with Gasteiger partial charge in [0.05, 0.1) is 25.5 Å². The summed E-state index contributed by atoms with van der Waals surface area (Å²) < 4.78 is 49.2. The highest BCUT2D eigenvalue weighted by molar-refractivity contribution is 6.25. The highest BCUT2D eigenvalue weighted by atomic mass is 19.4. The van der Waals surface area contributed by atoms with Crippen molar-refractivity contribution < 1.29 is 37.0 Å². The Morgan fingerprint density at radius 3 is 2.37 bits per heavy atom. The lowest BCUT2D eigenvalue weighted by molar-refractivity contribution is -0.141. The van der Waals surface area contributed by atoms with Crippen molar-refractivity contribution in [3.05, 3.63) is 29.1 Å². The highest BCUT2D eigenvalue weighted by Gasteiger charge is 2.39. The molecular weight excluding hydrogens is 367 g/mol. The lowest BCUT2D eigenvalue weighted by Gasteiger charge is -2.20. The normalized spacial score (nSPS) is 16.0. The van der Waals surface area contributed by atoms with Crippen molar-refractivity contribution in [3.8, 4) is 0 Å². The van der Waals surface area contributed by atoms with Crippen molar-refractivity contribution in [2.45, 2.75) is 39.0 Å². The van der Waals surface area contributed by atoms with Gasteiger partial charge in [-0.1, -0.05) is 0 Å². The molecule has 148 valence electrons. The highest BCUT2D eigenvalue weighted by Crippen LogP contribution is 2.30. The minimum Gasteiger partial charge on any atom is -0.379 e. The lowest BCUT2D eigenvalue weighted by atomic mass is 9.81. The minimum atomic E-state index is -4.70. The van der Waals surface area contributed by atoms with Crippen molar-refractivity contribution in [3.63, 3.8) is 0 Å². The monoisotopic (exact) mass is 387 g/mol. The van der Waals surface area contributed by atoms with Gasteiger partial charge < -0.3 is 9.47 Å². The second kappa shape index (κ2) is 9.18. The van der Waals surface area contributed by atoms with E-state index in [4.69, 9.17) is 9.47 Å². The molecule has 1 fully saturated rings. The molecule has 6 nitrogen and oxygen atoms in total. The molecule has 1 aliphatic carbocycles. The van der Waals surface area contributed by atoms with Crippen LogP contribution in [-0.4, -0.2) is 42.2 Å². The second-order valence-corrected chi connectivity index (χ2v) is 6.02. The standard InChI is InChI=1S/C18H20F3NO5/c1-2-26-8-9-27-10-12-11(6-7-15(22-12)18(19,20)21)17(25)16-13(23)4-3-5-14(16)24/h6-7,16H,2-5,8-10H2,1H3. The first kappa shape index (κ1) is 21.2. The number of halogens is 3. The molecule has 0 saturated heterocycles. The van der Waals surface area contributed by atoms with E-state index in [0.29, 0.717) is 19.1 Å². The van der Waals surface area contributed by atoms with Crippen LogP contribution in [0.5, 0.6) is 0 Å². The number of carbonyl (C=O) groups is 3. The molecule has 0 atom stereocenters. The number of hydrogen-bond acceptors (Lipinski definition) is 6. The zero-order valence-corrected chi connectivity index (χ0v) is 14.8. The number of pyridine rings is 1. The summed E-state index contributed by atoms with van der Waals surface area (Å²) in [7, 11) is 0. The Bertz CT molecular complexity index is 701. The molecule has 1 saturated carbocycles. The first-order valence-corrected chi connectivity index (χ1v) is 8.58. The molecule has 0 radical (unpaired) electrons. The van der Waals surface area contributed by atoms with Crippen LogP contribution in [-0.2, 0) is 31.8 Å². The van der Waals surface area contributed by atoms with E-state index in [1.807, 2.05) is 0 Å². The molecule has 1 aliphatic rings. The van der Waals surface area contributed by atoms with Gasteiger partial charge >= 0.3 is 6.18 Å². The molecule has 0 spiro atoms. The summed E-state index contributed by atoms with van der Waals surface area (Å²) in [6, 6.07) is 1.61. The third kappa shape index (κ3) is 5.43. The lowest BCUT2D eigenvalue weighted by Crippen LogP contribution is -2.36. The fourth-order valence-electron chi connectivity index (χ4n) is 2.78. The van der Waals surface area contributed by atoms with E-state index in [2.05, 4.69) is 4.98 Å². The molecule has 1 aromatic heterocycles. The molecule has 2 rings (SSSR count). The van der Waals surface area contributed by atoms with Gasteiger partial charge in [0.2, 0.25) is 0 Å². The maximum absolute atomic E-state index is 13.0. The first-order valence-electron chi connectivity index (χ1n) is 8.58. The van der Waals surface area contributed by atoms with Gasteiger partial charge in [-0.15, -0.1) is 0 Å². The summed E-state index contributed by atoms with van der Waals surface area (Å²) in [5, 5.41) is 0. The Labute approximate surface area is 154 Å².